The van der Waals surface area contributed by atoms with E-state index < -0.39 is 6.09 Å². The molecule has 1 unspecified atom stereocenters. The Labute approximate surface area is 88.9 Å². The maximum absolute atomic E-state index is 8.78. The number of hydrogen-bond donors (Lipinski definition) is 4. The second kappa shape index (κ2) is 7.78. The Hall–Kier alpha value is -1.59. The van der Waals surface area contributed by atoms with Crippen molar-refractivity contribution in [2.75, 3.05) is 6.54 Å². The van der Waals surface area contributed by atoms with Crippen LogP contribution in [0.3, 0.4) is 0 Å². The van der Waals surface area contributed by atoms with E-state index in [0.717, 1.165) is 6.42 Å². The number of amides is 1. The number of benzene rings is 1. The van der Waals surface area contributed by atoms with Gasteiger partial charge < -0.3 is 22.3 Å². The molecule has 7 N–H and O–H groups in total. The van der Waals surface area contributed by atoms with E-state index in [-0.39, 0.29) is 6.04 Å². The van der Waals surface area contributed by atoms with Gasteiger partial charge in [-0.3, -0.25) is 0 Å². The third kappa shape index (κ3) is 8.73. The van der Waals surface area contributed by atoms with E-state index in [2.05, 4.69) is 17.9 Å². The predicted molar refractivity (Wildman–Crippen MR) is 59.4 cm³/mol. The van der Waals surface area contributed by atoms with Crippen LogP contribution >= 0.6 is 0 Å². The van der Waals surface area contributed by atoms with Gasteiger partial charge in [-0.1, -0.05) is 30.3 Å². The molecular weight excluding hydrogens is 194 g/mol. The molecule has 1 rings (SSSR count). The number of carboxylic acid groups (broad SMARTS) is 1. The molecule has 0 saturated heterocycles. The molecule has 0 aliphatic heterocycles. The topological polar surface area (TPSA) is 115 Å². The summed E-state index contributed by atoms with van der Waals surface area (Å²) in [6, 6.07) is 10.2. The number of primary amides is 1. The SMILES string of the molecule is NC(=O)O.NCC(N)Cc1ccccc1. The van der Waals surface area contributed by atoms with Crippen molar-refractivity contribution in [3.8, 4) is 0 Å². The minimum absolute atomic E-state index is 0.0948. The second-order valence-electron chi connectivity index (χ2n) is 3.02. The highest BCUT2D eigenvalue weighted by molar-refractivity contribution is 5.61. The minimum atomic E-state index is -1.33. The number of rotatable bonds is 3. The summed E-state index contributed by atoms with van der Waals surface area (Å²) in [5, 5.41) is 7.19. The third-order valence-corrected chi connectivity index (χ3v) is 1.64. The molecule has 1 aromatic carbocycles. The molecule has 5 heteroatoms. The summed E-state index contributed by atoms with van der Waals surface area (Å²) in [4.78, 5) is 8.78. The maximum atomic E-state index is 8.78. The predicted octanol–water partition coefficient (Wildman–Crippen LogP) is 0.138. The monoisotopic (exact) mass is 211 g/mol. The first-order chi connectivity index (χ1) is 7.06. The highest BCUT2D eigenvalue weighted by Crippen LogP contribution is 2.00. The molecule has 84 valence electrons. The fourth-order valence-electron chi connectivity index (χ4n) is 1.00. The molecule has 0 radical (unpaired) electrons. The Morgan fingerprint density at radius 2 is 1.80 bits per heavy atom. The Morgan fingerprint density at radius 1 is 1.33 bits per heavy atom. The van der Waals surface area contributed by atoms with Gasteiger partial charge in [-0.15, -0.1) is 0 Å². The summed E-state index contributed by atoms with van der Waals surface area (Å²) in [6.07, 6.45) is -0.461. The molecule has 0 aliphatic carbocycles. The summed E-state index contributed by atoms with van der Waals surface area (Å²) >= 11 is 0. The fourth-order valence-corrected chi connectivity index (χ4v) is 1.00. The summed E-state index contributed by atoms with van der Waals surface area (Å²) in [6.45, 7) is 0.550. The lowest BCUT2D eigenvalue weighted by Crippen LogP contribution is -2.31. The van der Waals surface area contributed by atoms with Crippen molar-refractivity contribution in [2.24, 2.45) is 17.2 Å². The van der Waals surface area contributed by atoms with Crippen LogP contribution < -0.4 is 17.2 Å². The molecular formula is C10H17N3O2. The zero-order chi connectivity index (χ0) is 11.7. The van der Waals surface area contributed by atoms with Gasteiger partial charge in [0.1, 0.15) is 0 Å². The number of carbonyl (C=O) groups is 1. The van der Waals surface area contributed by atoms with Crippen LogP contribution in [0.1, 0.15) is 5.56 Å². The number of nitrogens with two attached hydrogens (primary N) is 3. The minimum Gasteiger partial charge on any atom is -0.465 e. The average Bonchev–Trinajstić information content (AvgIpc) is 2.18. The normalized spacial score (nSPS) is 11.1. The van der Waals surface area contributed by atoms with Crippen LogP contribution in [0.4, 0.5) is 4.79 Å². The summed E-state index contributed by atoms with van der Waals surface area (Å²) in [7, 11) is 0. The molecule has 0 aliphatic rings. The first kappa shape index (κ1) is 13.4. The van der Waals surface area contributed by atoms with Crippen LogP contribution in [-0.2, 0) is 6.42 Å². The van der Waals surface area contributed by atoms with E-state index in [4.69, 9.17) is 21.4 Å². The molecule has 0 bridgehead atoms. The van der Waals surface area contributed by atoms with Crippen LogP contribution in [0.25, 0.3) is 0 Å². The van der Waals surface area contributed by atoms with Gasteiger partial charge in [0.2, 0.25) is 0 Å². The molecule has 5 nitrogen and oxygen atoms in total. The summed E-state index contributed by atoms with van der Waals surface area (Å²) in [5.41, 5.74) is 16.4. The Bertz CT molecular complexity index is 273. The van der Waals surface area contributed by atoms with Crippen molar-refractivity contribution >= 4 is 6.09 Å². The van der Waals surface area contributed by atoms with Crippen LogP contribution in [0.2, 0.25) is 0 Å². The average molecular weight is 211 g/mol. The Morgan fingerprint density at radius 3 is 2.20 bits per heavy atom. The lowest BCUT2D eigenvalue weighted by atomic mass is 10.1. The van der Waals surface area contributed by atoms with E-state index in [1.54, 1.807) is 0 Å². The van der Waals surface area contributed by atoms with Crippen molar-refractivity contribution in [3.63, 3.8) is 0 Å². The molecule has 1 amide bonds. The summed E-state index contributed by atoms with van der Waals surface area (Å²) < 4.78 is 0. The molecule has 0 heterocycles. The van der Waals surface area contributed by atoms with Gasteiger partial charge in [0.15, 0.2) is 0 Å². The lowest BCUT2D eigenvalue weighted by Gasteiger charge is -2.07. The van der Waals surface area contributed by atoms with Crippen molar-refractivity contribution < 1.29 is 9.90 Å². The van der Waals surface area contributed by atoms with Gasteiger partial charge in [0, 0.05) is 12.6 Å². The van der Waals surface area contributed by atoms with Crippen molar-refractivity contribution in [2.45, 2.75) is 12.5 Å². The molecule has 15 heavy (non-hydrogen) atoms. The highest BCUT2D eigenvalue weighted by atomic mass is 16.4. The number of hydrogen-bond acceptors (Lipinski definition) is 3. The van der Waals surface area contributed by atoms with Gasteiger partial charge in [-0.05, 0) is 12.0 Å². The van der Waals surface area contributed by atoms with E-state index in [0.29, 0.717) is 6.54 Å². The molecule has 0 fully saturated rings. The molecule has 0 saturated carbocycles. The zero-order valence-corrected chi connectivity index (χ0v) is 8.47. The van der Waals surface area contributed by atoms with Crippen LogP contribution in [-0.4, -0.2) is 23.8 Å². The molecule has 1 atom stereocenters. The van der Waals surface area contributed by atoms with Crippen LogP contribution in [0.5, 0.6) is 0 Å². The van der Waals surface area contributed by atoms with Gasteiger partial charge in [0.05, 0.1) is 0 Å². The second-order valence-corrected chi connectivity index (χ2v) is 3.02. The van der Waals surface area contributed by atoms with Crippen LogP contribution in [0.15, 0.2) is 30.3 Å². The lowest BCUT2D eigenvalue weighted by molar-refractivity contribution is 0.205. The standard InChI is InChI=1S/C9H14N2.CH3NO2/c10-7-9(11)6-8-4-2-1-3-5-8;2-1(3)4/h1-5,9H,6-7,10-11H2;2H2,(H,3,4). The van der Waals surface area contributed by atoms with Gasteiger partial charge >= 0.3 is 6.09 Å². The first-order valence-electron chi connectivity index (χ1n) is 4.54. The zero-order valence-electron chi connectivity index (χ0n) is 8.47. The first-order valence-corrected chi connectivity index (χ1v) is 4.54. The van der Waals surface area contributed by atoms with E-state index >= 15 is 0 Å². The quantitative estimate of drug-likeness (QED) is 0.569. The maximum Gasteiger partial charge on any atom is 0.402 e. The largest absolute Gasteiger partial charge is 0.465 e. The molecule has 1 aromatic rings. The van der Waals surface area contributed by atoms with Crippen LogP contribution in [0, 0.1) is 0 Å². The molecule has 0 aromatic heterocycles. The smallest absolute Gasteiger partial charge is 0.402 e. The van der Waals surface area contributed by atoms with E-state index in [1.165, 1.54) is 5.56 Å². The highest BCUT2D eigenvalue weighted by Gasteiger charge is 1.99. The van der Waals surface area contributed by atoms with E-state index in [1.807, 2.05) is 18.2 Å². The fraction of sp³-hybridized carbons (Fsp3) is 0.300. The van der Waals surface area contributed by atoms with Gasteiger partial charge in [0.25, 0.3) is 0 Å². The Balaban J connectivity index is 0.000000423. The van der Waals surface area contributed by atoms with Gasteiger partial charge in [-0.2, -0.15) is 0 Å². The van der Waals surface area contributed by atoms with Gasteiger partial charge in [-0.25, -0.2) is 4.79 Å². The Kier molecular flexibility index (Phi) is 6.96. The van der Waals surface area contributed by atoms with Crippen molar-refractivity contribution in [1.82, 2.24) is 0 Å². The summed E-state index contributed by atoms with van der Waals surface area (Å²) in [5.74, 6) is 0. The van der Waals surface area contributed by atoms with Crippen molar-refractivity contribution in [3.05, 3.63) is 35.9 Å². The third-order valence-electron chi connectivity index (χ3n) is 1.64. The van der Waals surface area contributed by atoms with E-state index in [9.17, 15) is 0 Å². The van der Waals surface area contributed by atoms with Crippen molar-refractivity contribution in [1.29, 1.82) is 0 Å². The molecule has 0 spiro atoms.